The molecule has 0 aliphatic carbocycles. The number of morpholine rings is 1. The maximum Gasteiger partial charge on any atom is 0.185 e. The lowest BCUT2D eigenvalue weighted by molar-refractivity contribution is -0.255. The maximum atomic E-state index is 12.3. The Bertz CT molecular complexity index is 772. The highest BCUT2D eigenvalue weighted by Crippen LogP contribution is 2.17. The van der Waals surface area contributed by atoms with Gasteiger partial charge in [0.05, 0.1) is 19.2 Å². The monoisotopic (exact) mass is 336 g/mol. The summed E-state index contributed by atoms with van der Waals surface area (Å²) in [4.78, 5) is 25.2. The summed E-state index contributed by atoms with van der Waals surface area (Å²) in [5.41, 5.74) is 2.56. The van der Waals surface area contributed by atoms with Crippen LogP contribution in [-0.2, 0) is 4.74 Å². The molecular formula is C20H18NO4-. The quantitative estimate of drug-likeness (QED) is 0.615. The van der Waals surface area contributed by atoms with Gasteiger partial charge in [-0.3, -0.25) is 4.79 Å². The zero-order valence-electron chi connectivity index (χ0n) is 13.7. The molecule has 2 aromatic carbocycles. The molecule has 1 heterocycles. The number of hydrogen-bond acceptors (Lipinski definition) is 5. The fraction of sp³-hybridized carbons (Fsp3) is 0.200. The van der Waals surface area contributed by atoms with Gasteiger partial charge in [0, 0.05) is 24.3 Å². The molecule has 0 spiro atoms. The Morgan fingerprint density at radius 2 is 1.52 bits per heavy atom. The molecule has 0 aromatic heterocycles. The lowest BCUT2D eigenvalue weighted by Gasteiger charge is -2.28. The van der Waals surface area contributed by atoms with Crippen LogP contribution in [0.5, 0.6) is 0 Å². The van der Waals surface area contributed by atoms with E-state index in [0.29, 0.717) is 5.56 Å². The SMILES string of the molecule is O=C([O-])c1ccc(/C=C/C(=O)c2ccc(N3CCOCC3)cc2)cc1. The van der Waals surface area contributed by atoms with Gasteiger partial charge in [-0.1, -0.05) is 30.3 Å². The zero-order valence-corrected chi connectivity index (χ0v) is 13.7. The first-order valence-corrected chi connectivity index (χ1v) is 8.10. The average Bonchev–Trinajstić information content (AvgIpc) is 2.67. The van der Waals surface area contributed by atoms with Gasteiger partial charge in [-0.25, -0.2) is 0 Å². The molecule has 3 rings (SSSR count). The fourth-order valence-corrected chi connectivity index (χ4v) is 2.66. The Morgan fingerprint density at radius 3 is 2.12 bits per heavy atom. The molecule has 0 saturated carbocycles. The summed E-state index contributed by atoms with van der Waals surface area (Å²) in [5.74, 6) is -1.32. The fourth-order valence-electron chi connectivity index (χ4n) is 2.66. The molecule has 0 N–H and O–H groups in total. The van der Waals surface area contributed by atoms with Crippen LogP contribution in [0.2, 0.25) is 0 Å². The van der Waals surface area contributed by atoms with Crippen molar-refractivity contribution in [1.82, 2.24) is 0 Å². The number of carboxylic acids is 1. The summed E-state index contributed by atoms with van der Waals surface area (Å²) in [6, 6.07) is 13.7. The van der Waals surface area contributed by atoms with Crippen molar-refractivity contribution in [2.24, 2.45) is 0 Å². The summed E-state index contributed by atoms with van der Waals surface area (Å²) in [6.45, 7) is 3.16. The van der Waals surface area contributed by atoms with Crippen LogP contribution < -0.4 is 10.0 Å². The number of ether oxygens (including phenoxy) is 1. The molecule has 2 aromatic rings. The lowest BCUT2D eigenvalue weighted by Crippen LogP contribution is -2.36. The molecule has 128 valence electrons. The van der Waals surface area contributed by atoms with E-state index in [4.69, 9.17) is 4.74 Å². The summed E-state index contributed by atoms with van der Waals surface area (Å²) in [5, 5.41) is 10.7. The van der Waals surface area contributed by atoms with E-state index in [-0.39, 0.29) is 11.3 Å². The predicted molar refractivity (Wildman–Crippen MR) is 93.6 cm³/mol. The lowest BCUT2D eigenvalue weighted by atomic mass is 10.1. The Balaban J connectivity index is 1.65. The third-order valence-corrected chi connectivity index (χ3v) is 4.10. The van der Waals surface area contributed by atoms with Crippen LogP contribution in [0.4, 0.5) is 5.69 Å². The number of carbonyl (C=O) groups excluding carboxylic acids is 2. The van der Waals surface area contributed by atoms with E-state index in [1.807, 2.05) is 24.3 Å². The Labute approximate surface area is 146 Å². The minimum atomic E-state index is -1.22. The molecule has 25 heavy (non-hydrogen) atoms. The zero-order chi connectivity index (χ0) is 17.6. The Hall–Kier alpha value is -2.92. The van der Waals surface area contributed by atoms with E-state index in [2.05, 4.69) is 4.90 Å². The number of carboxylic acid groups (broad SMARTS) is 1. The van der Waals surface area contributed by atoms with Crippen LogP contribution in [0.25, 0.3) is 6.08 Å². The third kappa shape index (κ3) is 4.33. The van der Waals surface area contributed by atoms with Gasteiger partial charge in [0.25, 0.3) is 0 Å². The van der Waals surface area contributed by atoms with Gasteiger partial charge < -0.3 is 19.5 Å². The summed E-state index contributed by atoms with van der Waals surface area (Å²) in [6.07, 6.45) is 3.15. The molecule has 0 amide bonds. The topological polar surface area (TPSA) is 69.7 Å². The van der Waals surface area contributed by atoms with E-state index >= 15 is 0 Å². The first kappa shape index (κ1) is 16.9. The maximum absolute atomic E-state index is 12.3. The van der Waals surface area contributed by atoms with Gasteiger partial charge in [0.2, 0.25) is 0 Å². The number of allylic oxidation sites excluding steroid dienone is 1. The highest BCUT2D eigenvalue weighted by atomic mass is 16.5. The first-order chi connectivity index (χ1) is 12.1. The Morgan fingerprint density at radius 1 is 0.920 bits per heavy atom. The van der Waals surface area contributed by atoms with Gasteiger partial charge in [0.1, 0.15) is 0 Å². The summed E-state index contributed by atoms with van der Waals surface area (Å²) < 4.78 is 5.34. The van der Waals surface area contributed by atoms with Crippen LogP contribution in [0.1, 0.15) is 26.3 Å². The molecule has 5 nitrogen and oxygen atoms in total. The summed E-state index contributed by atoms with van der Waals surface area (Å²) >= 11 is 0. The van der Waals surface area contributed by atoms with Crippen LogP contribution in [-0.4, -0.2) is 38.1 Å². The average molecular weight is 336 g/mol. The number of ketones is 1. The van der Waals surface area contributed by atoms with Gasteiger partial charge in [0.15, 0.2) is 5.78 Å². The van der Waals surface area contributed by atoms with Crippen molar-refractivity contribution >= 4 is 23.5 Å². The van der Waals surface area contributed by atoms with Crippen molar-refractivity contribution < 1.29 is 19.4 Å². The Kier molecular flexibility index (Phi) is 5.26. The molecule has 1 fully saturated rings. The number of rotatable bonds is 5. The van der Waals surface area contributed by atoms with Gasteiger partial charge in [-0.15, -0.1) is 0 Å². The molecule has 1 aliphatic heterocycles. The van der Waals surface area contributed by atoms with Crippen LogP contribution in [0, 0.1) is 0 Å². The molecule has 0 bridgehead atoms. The predicted octanol–water partition coefficient (Wildman–Crippen LogP) is 1.78. The molecule has 0 atom stereocenters. The van der Waals surface area contributed by atoms with Crippen molar-refractivity contribution in [2.45, 2.75) is 0 Å². The number of anilines is 1. The number of hydrogen-bond donors (Lipinski definition) is 0. The number of aromatic carboxylic acids is 1. The van der Waals surface area contributed by atoms with Crippen molar-refractivity contribution in [3.63, 3.8) is 0 Å². The second-order valence-electron chi connectivity index (χ2n) is 5.75. The number of benzene rings is 2. The largest absolute Gasteiger partial charge is 0.545 e. The molecule has 5 heteroatoms. The van der Waals surface area contributed by atoms with Gasteiger partial charge in [-0.2, -0.15) is 0 Å². The highest BCUT2D eigenvalue weighted by molar-refractivity contribution is 6.07. The third-order valence-electron chi connectivity index (χ3n) is 4.10. The number of nitrogens with zero attached hydrogens (tertiary/aromatic N) is 1. The van der Waals surface area contributed by atoms with Crippen LogP contribution in [0.3, 0.4) is 0 Å². The van der Waals surface area contributed by atoms with Crippen molar-refractivity contribution in [2.75, 3.05) is 31.2 Å². The highest BCUT2D eigenvalue weighted by Gasteiger charge is 2.11. The van der Waals surface area contributed by atoms with E-state index < -0.39 is 5.97 Å². The van der Waals surface area contributed by atoms with E-state index in [9.17, 15) is 14.7 Å². The first-order valence-electron chi connectivity index (χ1n) is 8.10. The van der Waals surface area contributed by atoms with Gasteiger partial charge >= 0.3 is 0 Å². The van der Waals surface area contributed by atoms with Crippen LogP contribution in [0.15, 0.2) is 54.6 Å². The van der Waals surface area contributed by atoms with Gasteiger partial charge in [-0.05, 0) is 41.5 Å². The van der Waals surface area contributed by atoms with Crippen molar-refractivity contribution in [3.8, 4) is 0 Å². The number of carbonyl (C=O) groups is 2. The summed E-state index contributed by atoms with van der Waals surface area (Å²) in [7, 11) is 0. The molecular weight excluding hydrogens is 318 g/mol. The standard InChI is InChI=1S/C20H19NO4/c22-19(10-3-15-1-4-17(5-2-15)20(23)24)16-6-8-18(9-7-16)21-11-13-25-14-12-21/h1-10H,11-14H2,(H,23,24)/p-1/b10-3+. The second-order valence-corrected chi connectivity index (χ2v) is 5.75. The molecule has 0 radical (unpaired) electrons. The normalized spacial score (nSPS) is 14.6. The molecule has 0 unspecified atom stereocenters. The minimum Gasteiger partial charge on any atom is -0.545 e. The van der Waals surface area contributed by atoms with E-state index in [1.165, 1.54) is 18.2 Å². The molecule has 1 saturated heterocycles. The van der Waals surface area contributed by atoms with E-state index in [1.54, 1.807) is 18.2 Å². The van der Waals surface area contributed by atoms with Crippen molar-refractivity contribution in [3.05, 3.63) is 71.3 Å². The minimum absolute atomic E-state index is 0.0995. The molecule has 1 aliphatic rings. The van der Waals surface area contributed by atoms with E-state index in [0.717, 1.165) is 37.6 Å². The van der Waals surface area contributed by atoms with Crippen LogP contribution >= 0.6 is 0 Å². The van der Waals surface area contributed by atoms with Crippen molar-refractivity contribution in [1.29, 1.82) is 0 Å². The second kappa shape index (κ2) is 7.77. The smallest absolute Gasteiger partial charge is 0.185 e.